The lowest BCUT2D eigenvalue weighted by atomic mass is 9.33. The number of hydrogen-bond donors (Lipinski definition) is 0. The number of anilines is 3. The minimum atomic E-state index is -0.273. The quantitative estimate of drug-likeness (QED) is 0.0959. The zero-order valence-corrected chi connectivity index (χ0v) is 83.8. The zero-order valence-electron chi connectivity index (χ0n) is 82.9. The third kappa shape index (κ3) is 13.5. The van der Waals surface area contributed by atoms with Crippen LogP contribution in [0.5, 0.6) is 0 Å². The van der Waals surface area contributed by atoms with E-state index in [2.05, 4.69) is 461 Å². The highest BCUT2D eigenvalue weighted by Crippen LogP contribution is 2.55. The second-order valence-corrected chi connectivity index (χ2v) is 42.5. The van der Waals surface area contributed by atoms with Crippen molar-refractivity contribution in [2.45, 2.75) is 128 Å². The standard InChI is InChI=1S/C69H56BFN4.C63H51BFN3S/c1-42(2)45-38-54(43(3)4)66(55(39-45)44(5)6)70-56-31-16-20-35-61(56)72(47-23-9-7-10-24-47)62-41-50(36-37-57(62)70)75-60-34-19-15-30-53(60)65-68-64(52-29-14-18-33-59(52)74(68)49-27-21-22-46(71)40-49)67-63(69(65)75)51-28-13-17-32-58(51)73(67)48-25-11-8-12-26-48;1-37(2)40-33-48(38(3)4)60(49(34-40)39(5)6)64-50-26-13-17-30-55(50)69-56-36-44(31-32-51(56)64)68-54-29-16-12-25-47(54)59-62-58(46-24-11-15-28-53(46)67(62)43-22-18-19-41(65)35-43)61-57(63(59)68)45-23-10-14-27-52(45)66(61)42-20-8-7-9-21-42/h7-44H,1-6H3;7-39H,1-6H3. The van der Waals surface area contributed by atoms with Crippen molar-refractivity contribution < 1.29 is 8.78 Å². The first kappa shape index (κ1) is 88.3. The highest BCUT2D eigenvalue weighted by atomic mass is 32.2. The number of benzene rings is 19. The smallest absolute Gasteiger partial charge is 0.247 e. The minimum Gasteiger partial charge on any atom is -0.311 e. The van der Waals surface area contributed by atoms with Gasteiger partial charge >= 0.3 is 0 Å². The molecule has 0 bridgehead atoms. The molecule has 2 aliphatic rings. The molecule has 144 heavy (non-hydrogen) atoms. The highest BCUT2D eigenvalue weighted by Gasteiger charge is 2.42. The van der Waals surface area contributed by atoms with Gasteiger partial charge in [0, 0.05) is 126 Å². The van der Waals surface area contributed by atoms with Gasteiger partial charge in [-0.2, -0.15) is 0 Å². The average Bonchev–Trinajstić information content (AvgIpc) is 1.50. The van der Waals surface area contributed by atoms with Crippen LogP contribution >= 0.6 is 11.8 Å². The molecule has 27 rings (SSSR count). The van der Waals surface area contributed by atoms with E-state index in [-0.39, 0.29) is 25.1 Å². The van der Waals surface area contributed by atoms with Gasteiger partial charge in [-0.3, -0.25) is 0 Å². The average molecular weight is 1880 g/mol. The Morgan fingerprint density at radius 1 is 0.208 bits per heavy atom. The van der Waals surface area contributed by atoms with Crippen molar-refractivity contribution >= 4 is 206 Å². The lowest BCUT2D eigenvalue weighted by Crippen LogP contribution is -2.59. The third-order valence-electron chi connectivity index (χ3n) is 31.1. The molecule has 0 fully saturated rings. The first-order valence-electron chi connectivity index (χ1n) is 51.2. The van der Waals surface area contributed by atoms with Crippen LogP contribution in [0.25, 0.3) is 165 Å². The largest absolute Gasteiger partial charge is 0.311 e. The van der Waals surface area contributed by atoms with Gasteiger partial charge in [-0.25, -0.2) is 8.78 Å². The third-order valence-corrected chi connectivity index (χ3v) is 32.3. The molecule has 0 amide bonds. The van der Waals surface area contributed by atoms with Crippen LogP contribution in [-0.4, -0.2) is 40.8 Å². The second-order valence-electron chi connectivity index (χ2n) is 41.4. The van der Waals surface area contributed by atoms with Gasteiger partial charge in [-0.15, -0.1) is 0 Å². The van der Waals surface area contributed by atoms with Crippen LogP contribution in [0.2, 0.25) is 0 Å². The van der Waals surface area contributed by atoms with Crippen LogP contribution in [0.1, 0.15) is 152 Å². The summed E-state index contributed by atoms with van der Waals surface area (Å²) in [5.41, 5.74) is 39.3. The number of para-hydroxylation sites is 10. The van der Waals surface area contributed by atoms with Gasteiger partial charge in [0.25, 0.3) is 0 Å². The van der Waals surface area contributed by atoms with Gasteiger partial charge < -0.3 is 32.3 Å². The van der Waals surface area contributed by atoms with E-state index in [0.717, 1.165) is 155 Å². The summed E-state index contributed by atoms with van der Waals surface area (Å²) < 4.78 is 45.9. The number of rotatable bonds is 15. The molecule has 0 saturated heterocycles. The van der Waals surface area contributed by atoms with E-state index >= 15 is 8.78 Å². The molecule has 0 N–H and O–H groups in total. The van der Waals surface area contributed by atoms with Crippen molar-refractivity contribution in [1.29, 1.82) is 0 Å². The van der Waals surface area contributed by atoms with Gasteiger partial charge in [0.1, 0.15) is 11.6 Å². The summed E-state index contributed by atoms with van der Waals surface area (Å²) in [5, 5.41) is 13.8. The molecule has 12 heteroatoms. The number of fused-ring (bicyclic) bond motifs is 28. The Labute approximate surface area is 842 Å². The molecule has 6 aromatic heterocycles. The maximum absolute atomic E-state index is 15.7. The Kier molecular flexibility index (Phi) is 21.2. The van der Waals surface area contributed by atoms with Crippen LogP contribution in [0.4, 0.5) is 25.8 Å². The maximum Gasteiger partial charge on any atom is 0.247 e. The Bertz CT molecular complexity index is 9520. The number of aromatic nitrogens is 6. The fourth-order valence-corrected chi connectivity index (χ4v) is 26.1. The Hall–Kier alpha value is -15.9. The summed E-state index contributed by atoms with van der Waals surface area (Å²) in [6.45, 7) is 28.3. The van der Waals surface area contributed by atoms with Crippen molar-refractivity contribution in [2.24, 2.45) is 0 Å². The van der Waals surface area contributed by atoms with Crippen LogP contribution in [-0.2, 0) is 0 Å². The van der Waals surface area contributed by atoms with Crippen LogP contribution < -0.4 is 37.7 Å². The molecule has 19 aromatic carbocycles. The summed E-state index contributed by atoms with van der Waals surface area (Å²) in [7, 11) is 0. The van der Waals surface area contributed by atoms with Crippen molar-refractivity contribution in [3.8, 4) is 34.1 Å². The molecule has 25 aromatic rings. The summed E-state index contributed by atoms with van der Waals surface area (Å²) in [5.74, 6) is 1.66. The van der Waals surface area contributed by atoms with E-state index in [1.807, 2.05) is 36.0 Å². The van der Waals surface area contributed by atoms with Gasteiger partial charge in [0.05, 0.1) is 66.2 Å². The Balaban J connectivity index is 0.000000147. The van der Waals surface area contributed by atoms with Crippen LogP contribution in [0.3, 0.4) is 0 Å². The number of halogens is 2. The number of hydrogen-bond acceptors (Lipinski definition) is 2. The summed E-state index contributed by atoms with van der Waals surface area (Å²) in [4.78, 5) is 5.08. The van der Waals surface area contributed by atoms with E-state index in [1.54, 1.807) is 12.1 Å². The fraction of sp³-hybridized carbons (Fsp3) is 0.136. The lowest BCUT2D eigenvalue weighted by Gasteiger charge is -2.39. The van der Waals surface area contributed by atoms with E-state index in [9.17, 15) is 0 Å². The monoisotopic (exact) mass is 1880 g/mol. The van der Waals surface area contributed by atoms with E-state index in [1.165, 1.54) is 115 Å². The molecule has 0 aliphatic carbocycles. The molecule has 2 aliphatic heterocycles. The molecule has 0 unspecified atom stereocenters. The van der Waals surface area contributed by atoms with Gasteiger partial charge in [-0.05, 0) is 225 Å². The van der Waals surface area contributed by atoms with E-state index in [4.69, 9.17) is 0 Å². The topological polar surface area (TPSA) is 32.8 Å². The summed E-state index contributed by atoms with van der Waals surface area (Å²) >= 11 is 1.90. The minimum absolute atomic E-state index is 0.0171. The highest BCUT2D eigenvalue weighted by molar-refractivity contribution is 8.00. The molecule has 0 radical (unpaired) electrons. The van der Waals surface area contributed by atoms with Crippen LogP contribution in [0, 0.1) is 11.6 Å². The van der Waals surface area contributed by atoms with Crippen molar-refractivity contribution in [1.82, 2.24) is 27.4 Å². The lowest BCUT2D eigenvalue weighted by molar-refractivity contribution is 0.626. The Morgan fingerprint density at radius 3 is 0.833 bits per heavy atom. The predicted molar refractivity (Wildman–Crippen MR) is 611 cm³/mol. The van der Waals surface area contributed by atoms with Gasteiger partial charge in [0.2, 0.25) is 13.4 Å². The summed E-state index contributed by atoms with van der Waals surface area (Å²) in [6.07, 6.45) is 0. The first-order valence-corrected chi connectivity index (χ1v) is 52.0. The Morgan fingerprint density at radius 2 is 0.479 bits per heavy atom. The van der Waals surface area contributed by atoms with Crippen LogP contribution in [0.15, 0.2) is 404 Å². The molecule has 696 valence electrons. The molecule has 8 heterocycles. The molecular formula is C132H107B2F2N7S. The number of nitrogens with zero attached hydrogens (tertiary/aromatic N) is 7. The molecule has 0 saturated carbocycles. The SMILES string of the molecule is CC(C)c1cc(C(C)C)c(B2c3ccccc3N(c3ccccc3)c3cc(-n4c5ccccc5c5c6c(c7ccccc7n6-c6cccc(F)c6)c6c(c7ccccc7n6-c6ccccc6)c54)ccc32)c(C(C)C)c1.CC(C)c1cc(C(C)C)c(B2c3ccccc3Sc3cc(-n4c5ccccc5c5c6c(c7ccccc7n6-c6cccc(F)c6)c6c(c7ccccc7n6-c6ccccc6)c54)ccc32)c(C(C)C)c1. The van der Waals surface area contributed by atoms with Crippen molar-refractivity contribution in [3.63, 3.8) is 0 Å². The summed E-state index contributed by atoms with van der Waals surface area (Å²) in [6, 6.07) is 142. The van der Waals surface area contributed by atoms with Gasteiger partial charge in [-0.1, -0.05) is 365 Å². The second kappa shape index (κ2) is 34.5. The molecule has 0 spiro atoms. The van der Waals surface area contributed by atoms with Gasteiger partial charge in [0.15, 0.2) is 0 Å². The molecular weight excluding hydrogens is 1780 g/mol. The van der Waals surface area contributed by atoms with E-state index in [0.29, 0.717) is 35.5 Å². The van der Waals surface area contributed by atoms with E-state index < -0.39 is 0 Å². The maximum atomic E-state index is 15.7. The van der Waals surface area contributed by atoms with Crippen molar-refractivity contribution in [2.75, 3.05) is 4.90 Å². The fourth-order valence-electron chi connectivity index (χ4n) is 24.9. The molecule has 0 atom stereocenters. The first-order chi connectivity index (χ1) is 70.3. The zero-order chi connectivity index (χ0) is 97.6. The molecule has 7 nitrogen and oxygen atoms in total. The normalized spacial score (nSPS) is 12.8. The predicted octanol–water partition coefficient (Wildman–Crippen LogP) is 32.3. The van der Waals surface area contributed by atoms with Crippen molar-refractivity contribution in [3.05, 3.63) is 439 Å².